The van der Waals surface area contributed by atoms with Gasteiger partial charge in [0.1, 0.15) is 11.9 Å². The van der Waals surface area contributed by atoms with Gasteiger partial charge in [0.25, 0.3) is 0 Å². The van der Waals surface area contributed by atoms with Crippen LogP contribution in [0, 0.1) is 6.92 Å². The highest BCUT2D eigenvalue weighted by atomic mass is 79.9. The average Bonchev–Trinajstić information content (AvgIpc) is 2.46. The van der Waals surface area contributed by atoms with Gasteiger partial charge in [-0.05, 0) is 32.2 Å². The summed E-state index contributed by atoms with van der Waals surface area (Å²) >= 11 is 3.51. The summed E-state index contributed by atoms with van der Waals surface area (Å²) in [6.45, 7) is 1.99. The van der Waals surface area contributed by atoms with Crippen LogP contribution >= 0.6 is 15.9 Å². The Morgan fingerprint density at radius 3 is 2.85 bits per heavy atom. The number of fused-ring (bicyclic) bond motifs is 1. The molecular formula is C16H17BrN2O. The molecule has 1 aliphatic rings. The minimum Gasteiger partial charge on any atom is -0.485 e. The van der Waals surface area contributed by atoms with Gasteiger partial charge in [0.05, 0.1) is 0 Å². The molecule has 0 radical (unpaired) electrons. The number of pyridine rings is 1. The molecule has 20 heavy (non-hydrogen) atoms. The van der Waals surface area contributed by atoms with Crippen molar-refractivity contribution in [1.82, 2.24) is 10.3 Å². The lowest BCUT2D eigenvalue weighted by molar-refractivity contribution is 0.153. The molecule has 0 aliphatic carbocycles. The topological polar surface area (TPSA) is 34.2 Å². The van der Waals surface area contributed by atoms with Gasteiger partial charge < -0.3 is 10.1 Å². The Morgan fingerprint density at radius 1 is 1.30 bits per heavy atom. The Labute approximate surface area is 127 Å². The highest BCUT2D eigenvalue weighted by Crippen LogP contribution is 2.41. The number of nitrogens with one attached hydrogen (secondary N) is 1. The number of aromatic nitrogens is 1. The van der Waals surface area contributed by atoms with E-state index in [-0.39, 0.29) is 6.10 Å². The summed E-state index contributed by atoms with van der Waals surface area (Å²) in [7, 11) is 1.99. The number of halogens is 1. The first-order valence-electron chi connectivity index (χ1n) is 6.73. The van der Waals surface area contributed by atoms with Crippen molar-refractivity contribution < 1.29 is 4.74 Å². The van der Waals surface area contributed by atoms with E-state index in [4.69, 9.17) is 4.74 Å². The number of aryl methyl sites for hydroxylation is 1. The molecule has 0 fully saturated rings. The maximum absolute atomic E-state index is 6.16. The van der Waals surface area contributed by atoms with Gasteiger partial charge in [-0.1, -0.05) is 28.1 Å². The molecule has 3 nitrogen and oxygen atoms in total. The summed E-state index contributed by atoms with van der Waals surface area (Å²) in [5.41, 5.74) is 3.37. The quantitative estimate of drug-likeness (QED) is 0.904. The molecule has 0 bridgehead atoms. The van der Waals surface area contributed by atoms with Crippen molar-refractivity contribution in [3.8, 4) is 5.75 Å². The molecule has 4 heteroatoms. The second-order valence-electron chi connectivity index (χ2n) is 5.10. The first-order valence-corrected chi connectivity index (χ1v) is 7.52. The van der Waals surface area contributed by atoms with E-state index in [1.807, 2.05) is 32.3 Å². The van der Waals surface area contributed by atoms with Gasteiger partial charge in [-0.25, -0.2) is 0 Å². The summed E-state index contributed by atoms with van der Waals surface area (Å²) < 4.78 is 7.20. The van der Waals surface area contributed by atoms with E-state index in [0.717, 1.165) is 27.9 Å². The predicted molar refractivity (Wildman–Crippen MR) is 82.9 cm³/mol. The van der Waals surface area contributed by atoms with E-state index in [1.54, 1.807) is 0 Å². The molecule has 1 aromatic carbocycles. The summed E-state index contributed by atoms with van der Waals surface area (Å²) in [4.78, 5) is 4.37. The van der Waals surface area contributed by atoms with E-state index < -0.39 is 0 Å². The Hall–Kier alpha value is -1.39. The van der Waals surface area contributed by atoms with Gasteiger partial charge in [-0.3, -0.25) is 4.98 Å². The average molecular weight is 333 g/mol. The van der Waals surface area contributed by atoms with Crippen LogP contribution < -0.4 is 10.1 Å². The van der Waals surface area contributed by atoms with E-state index >= 15 is 0 Å². The minimum atomic E-state index is 0.0438. The van der Waals surface area contributed by atoms with Crippen LogP contribution in [0.4, 0.5) is 0 Å². The number of nitrogens with zero attached hydrogens (tertiary/aromatic N) is 1. The van der Waals surface area contributed by atoms with Crippen LogP contribution in [0.5, 0.6) is 5.75 Å². The van der Waals surface area contributed by atoms with Gasteiger partial charge in [-0.2, -0.15) is 0 Å². The standard InChI is InChI=1S/C16H17BrN2O/c1-10-3-4-11(9-19-10)15-8-14(18-2)13-6-5-12(17)7-16(13)20-15/h3-7,9,14-15,18H,8H2,1-2H3. The molecule has 2 unspecified atom stereocenters. The Kier molecular flexibility index (Phi) is 3.76. The van der Waals surface area contributed by atoms with E-state index in [1.165, 1.54) is 5.56 Å². The highest BCUT2D eigenvalue weighted by Gasteiger charge is 2.28. The molecule has 0 saturated heterocycles. The lowest BCUT2D eigenvalue weighted by atomic mass is 9.93. The molecule has 104 valence electrons. The third-order valence-electron chi connectivity index (χ3n) is 3.72. The molecular weight excluding hydrogens is 316 g/mol. The van der Waals surface area contributed by atoms with Crippen LogP contribution in [0.25, 0.3) is 0 Å². The van der Waals surface area contributed by atoms with Crippen LogP contribution in [0.15, 0.2) is 41.0 Å². The van der Waals surface area contributed by atoms with E-state index in [0.29, 0.717) is 6.04 Å². The SMILES string of the molecule is CNC1CC(c2ccc(C)nc2)Oc2cc(Br)ccc21. The largest absolute Gasteiger partial charge is 0.485 e. The van der Waals surface area contributed by atoms with Crippen molar-refractivity contribution in [1.29, 1.82) is 0 Å². The van der Waals surface area contributed by atoms with E-state index in [2.05, 4.69) is 44.4 Å². The fourth-order valence-electron chi connectivity index (χ4n) is 2.59. The van der Waals surface area contributed by atoms with Crippen molar-refractivity contribution in [2.24, 2.45) is 0 Å². The minimum absolute atomic E-state index is 0.0438. The van der Waals surface area contributed by atoms with Crippen LogP contribution in [-0.4, -0.2) is 12.0 Å². The van der Waals surface area contributed by atoms with Crippen LogP contribution in [0.3, 0.4) is 0 Å². The van der Waals surface area contributed by atoms with Crippen LogP contribution in [0.1, 0.15) is 35.4 Å². The third-order valence-corrected chi connectivity index (χ3v) is 4.22. The molecule has 0 amide bonds. The number of rotatable bonds is 2. The zero-order valence-corrected chi connectivity index (χ0v) is 13.1. The lowest BCUT2D eigenvalue weighted by Gasteiger charge is -2.32. The number of benzene rings is 1. The number of hydrogen-bond acceptors (Lipinski definition) is 3. The maximum atomic E-state index is 6.16. The molecule has 0 saturated carbocycles. The fraction of sp³-hybridized carbons (Fsp3) is 0.312. The Bertz CT molecular complexity index is 612. The van der Waals surface area contributed by atoms with Gasteiger partial charge >= 0.3 is 0 Å². The molecule has 2 aromatic rings. The van der Waals surface area contributed by atoms with Gasteiger partial charge in [0.2, 0.25) is 0 Å². The van der Waals surface area contributed by atoms with Crippen molar-refractivity contribution >= 4 is 15.9 Å². The van der Waals surface area contributed by atoms with Crippen molar-refractivity contribution in [3.05, 3.63) is 57.8 Å². The second kappa shape index (κ2) is 5.54. The molecule has 0 spiro atoms. The first-order chi connectivity index (χ1) is 9.67. The molecule has 2 atom stereocenters. The van der Waals surface area contributed by atoms with E-state index in [9.17, 15) is 0 Å². The van der Waals surface area contributed by atoms with Gasteiger partial charge in [-0.15, -0.1) is 0 Å². The summed E-state index contributed by atoms with van der Waals surface area (Å²) in [6.07, 6.45) is 2.87. The number of ether oxygens (including phenoxy) is 1. The normalized spacial score (nSPS) is 21.1. The summed E-state index contributed by atoms with van der Waals surface area (Å²) in [5, 5.41) is 3.37. The van der Waals surface area contributed by atoms with Gasteiger partial charge in [0, 0.05) is 40.0 Å². The van der Waals surface area contributed by atoms with Crippen LogP contribution in [-0.2, 0) is 0 Å². The smallest absolute Gasteiger partial charge is 0.127 e. The summed E-state index contributed by atoms with van der Waals surface area (Å²) in [6, 6.07) is 10.6. The zero-order valence-electron chi connectivity index (χ0n) is 11.6. The van der Waals surface area contributed by atoms with Crippen LogP contribution in [0.2, 0.25) is 0 Å². The zero-order chi connectivity index (χ0) is 14.1. The summed E-state index contributed by atoms with van der Waals surface area (Å²) in [5.74, 6) is 0.940. The van der Waals surface area contributed by atoms with Crippen molar-refractivity contribution in [2.45, 2.75) is 25.5 Å². The Morgan fingerprint density at radius 2 is 2.15 bits per heavy atom. The Balaban J connectivity index is 1.95. The second-order valence-corrected chi connectivity index (χ2v) is 6.01. The third kappa shape index (κ3) is 2.58. The predicted octanol–water partition coefficient (Wildman–Crippen LogP) is 3.94. The highest BCUT2D eigenvalue weighted by molar-refractivity contribution is 9.10. The van der Waals surface area contributed by atoms with Crippen molar-refractivity contribution in [2.75, 3.05) is 7.05 Å². The van der Waals surface area contributed by atoms with Gasteiger partial charge in [0.15, 0.2) is 0 Å². The maximum Gasteiger partial charge on any atom is 0.127 e. The molecule has 2 heterocycles. The first kappa shape index (κ1) is 13.6. The number of hydrogen-bond donors (Lipinski definition) is 1. The van der Waals surface area contributed by atoms with Crippen molar-refractivity contribution in [3.63, 3.8) is 0 Å². The molecule has 1 N–H and O–H groups in total. The molecule has 1 aliphatic heterocycles. The molecule has 3 rings (SSSR count). The molecule has 1 aromatic heterocycles. The lowest BCUT2D eigenvalue weighted by Crippen LogP contribution is -2.26. The fourth-order valence-corrected chi connectivity index (χ4v) is 2.93. The monoisotopic (exact) mass is 332 g/mol.